The molecule has 0 bridgehead atoms. The van der Waals surface area contributed by atoms with Crippen LogP contribution >= 0.6 is 11.3 Å². The second-order valence-electron chi connectivity index (χ2n) is 4.33. The Morgan fingerprint density at radius 1 is 1.53 bits per heavy atom. The highest BCUT2D eigenvalue weighted by molar-refractivity contribution is 7.09. The zero-order chi connectivity index (χ0) is 12.1. The number of nitrogens with zero attached hydrogens (tertiary/aromatic N) is 1. The van der Waals surface area contributed by atoms with Crippen molar-refractivity contribution in [3.05, 3.63) is 16.1 Å². The van der Waals surface area contributed by atoms with Gasteiger partial charge in [-0.15, -0.1) is 11.3 Å². The molecule has 0 aromatic carbocycles. The third-order valence-corrected chi connectivity index (χ3v) is 3.80. The van der Waals surface area contributed by atoms with Crippen molar-refractivity contribution in [3.63, 3.8) is 0 Å². The lowest BCUT2D eigenvalue weighted by atomic mass is 10.4. The minimum atomic E-state index is 0.216. The highest BCUT2D eigenvalue weighted by atomic mass is 32.1. The Balaban J connectivity index is 1.54. The number of nitrogens with one attached hydrogen (secondary N) is 2. The van der Waals surface area contributed by atoms with E-state index < -0.39 is 0 Å². The van der Waals surface area contributed by atoms with Crippen LogP contribution in [0.3, 0.4) is 0 Å². The van der Waals surface area contributed by atoms with E-state index in [2.05, 4.69) is 27.9 Å². The molecule has 1 heterocycles. The number of thiazole rings is 1. The van der Waals surface area contributed by atoms with Gasteiger partial charge in [0.2, 0.25) is 5.91 Å². The highest BCUT2D eigenvalue weighted by Crippen LogP contribution is 2.28. The third kappa shape index (κ3) is 4.09. The minimum absolute atomic E-state index is 0.216. The fourth-order valence-electron chi connectivity index (χ4n) is 1.57. The first kappa shape index (κ1) is 12.5. The van der Waals surface area contributed by atoms with Crippen molar-refractivity contribution < 1.29 is 4.79 Å². The van der Waals surface area contributed by atoms with E-state index in [4.69, 9.17) is 0 Å². The summed E-state index contributed by atoms with van der Waals surface area (Å²) < 4.78 is 0. The fourth-order valence-corrected chi connectivity index (χ4v) is 2.32. The SMILES string of the molecule is CCc1nc(CNCCNC(=O)C2CC2)cs1. The van der Waals surface area contributed by atoms with Crippen molar-refractivity contribution in [1.29, 1.82) is 0 Å². The zero-order valence-corrected chi connectivity index (χ0v) is 11.0. The van der Waals surface area contributed by atoms with Crippen molar-refractivity contribution >= 4 is 17.2 Å². The highest BCUT2D eigenvalue weighted by Gasteiger charge is 2.28. The lowest BCUT2D eigenvalue weighted by molar-refractivity contribution is -0.122. The number of carbonyl (C=O) groups is 1. The van der Waals surface area contributed by atoms with Gasteiger partial charge in [-0.3, -0.25) is 4.79 Å². The zero-order valence-electron chi connectivity index (χ0n) is 10.2. The van der Waals surface area contributed by atoms with Crippen molar-refractivity contribution in [1.82, 2.24) is 15.6 Å². The van der Waals surface area contributed by atoms with Crippen LogP contribution in [0.5, 0.6) is 0 Å². The van der Waals surface area contributed by atoms with E-state index in [1.54, 1.807) is 11.3 Å². The van der Waals surface area contributed by atoms with Gasteiger partial charge in [-0.1, -0.05) is 6.92 Å². The molecule has 5 heteroatoms. The lowest BCUT2D eigenvalue weighted by Gasteiger charge is -2.04. The van der Waals surface area contributed by atoms with Gasteiger partial charge in [0.05, 0.1) is 10.7 Å². The van der Waals surface area contributed by atoms with Gasteiger partial charge < -0.3 is 10.6 Å². The van der Waals surface area contributed by atoms with Crippen LogP contribution in [0.4, 0.5) is 0 Å². The molecule has 0 radical (unpaired) electrons. The summed E-state index contributed by atoms with van der Waals surface area (Å²) >= 11 is 1.71. The van der Waals surface area contributed by atoms with Crippen molar-refractivity contribution in [3.8, 4) is 0 Å². The Morgan fingerprint density at radius 2 is 2.35 bits per heavy atom. The van der Waals surface area contributed by atoms with E-state index in [1.807, 2.05) is 0 Å². The van der Waals surface area contributed by atoms with Gasteiger partial charge in [0.1, 0.15) is 0 Å². The van der Waals surface area contributed by atoms with Crippen LogP contribution in [-0.2, 0) is 17.8 Å². The Labute approximate surface area is 106 Å². The van der Waals surface area contributed by atoms with E-state index in [-0.39, 0.29) is 5.91 Å². The fraction of sp³-hybridized carbons (Fsp3) is 0.667. The molecule has 1 aliphatic carbocycles. The molecule has 0 aliphatic heterocycles. The number of hydrogen-bond donors (Lipinski definition) is 2. The molecule has 1 aromatic rings. The maximum Gasteiger partial charge on any atom is 0.223 e. The van der Waals surface area contributed by atoms with E-state index in [0.717, 1.165) is 38.0 Å². The Bertz CT molecular complexity index is 374. The average molecular weight is 253 g/mol. The monoisotopic (exact) mass is 253 g/mol. The van der Waals surface area contributed by atoms with E-state index in [0.29, 0.717) is 12.5 Å². The van der Waals surface area contributed by atoms with E-state index in [1.165, 1.54) is 5.01 Å². The summed E-state index contributed by atoms with van der Waals surface area (Å²) in [5.41, 5.74) is 1.10. The van der Waals surface area contributed by atoms with Crippen LogP contribution in [0.2, 0.25) is 0 Å². The molecule has 1 saturated carbocycles. The number of rotatable bonds is 7. The normalized spacial score (nSPS) is 14.9. The summed E-state index contributed by atoms with van der Waals surface area (Å²) in [6.45, 7) is 4.41. The Kier molecular flexibility index (Phi) is 4.50. The molecule has 1 amide bonds. The number of aromatic nitrogens is 1. The molecule has 2 rings (SSSR count). The van der Waals surface area contributed by atoms with Crippen LogP contribution in [0.25, 0.3) is 0 Å². The molecule has 0 unspecified atom stereocenters. The minimum Gasteiger partial charge on any atom is -0.355 e. The van der Waals surface area contributed by atoms with Gasteiger partial charge in [0.25, 0.3) is 0 Å². The first-order valence-corrected chi connectivity index (χ1v) is 7.09. The van der Waals surface area contributed by atoms with Crippen LogP contribution in [0.15, 0.2) is 5.38 Å². The first-order chi connectivity index (χ1) is 8.29. The predicted octanol–water partition coefficient (Wildman–Crippen LogP) is 1.32. The van der Waals surface area contributed by atoms with Gasteiger partial charge in [-0.05, 0) is 19.3 Å². The number of amides is 1. The summed E-state index contributed by atoms with van der Waals surface area (Å²) in [6.07, 6.45) is 3.14. The van der Waals surface area contributed by atoms with Gasteiger partial charge >= 0.3 is 0 Å². The van der Waals surface area contributed by atoms with Crippen molar-refractivity contribution in [2.45, 2.75) is 32.7 Å². The smallest absolute Gasteiger partial charge is 0.223 e. The predicted molar refractivity (Wildman–Crippen MR) is 68.9 cm³/mol. The number of carbonyl (C=O) groups excluding carboxylic acids is 1. The summed E-state index contributed by atoms with van der Waals surface area (Å²) in [6, 6.07) is 0. The van der Waals surface area contributed by atoms with Crippen LogP contribution in [0.1, 0.15) is 30.5 Å². The molecule has 4 nitrogen and oxygen atoms in total. The summed E-state index contributed by atoms with van der Waals surface area (Å²) in [7, 11) is 0. The standard InChI is InChI=1S/C12H19N3OS/c1-2-11-15-10(8-17-11)7-13-5-6-14-12(16)9-3-4-9/h8-9,13H,2-7H2,1H3,(H,14,16). The topological polar surface area (TPSA) is 54.0 Å². The van der Waals surface area contributed by atoms with Gasteiger partial charge in [-0.25, -0.2) is 4.98 Å². The molecule has 0 atom stereocenters. The van der Waals surface area contributed by atoms with Crippen LogP contribution in [-0.4, -0.2) is 24.0 Å². The van der Waals surface area contributed by atoms with Crippen molar-refractivity contribution in [2.24, 2.45) is 5.92 Å². The number of aryl methyl sites for hydroxylation is 1. The molecule has 1 fully saturated rings. The number of hydrogen-bond acceptors (Lipinski definition) is 4. The van der Waals surface area contributed by atoms with Gasteiger partial charge in [-0.2, -0.15) is 0 Å². The average Bonchev–Trinajstić information content (AvgIpc) is 3.09. The lowest BCUT2D eigenvalue weighted by Crippen LogP contribution is -2.32. The van der Waals surface area contributed by atoms with Gasteiger partial charge in [0.15, 0.2) is 0 Å². The van der Waals surface area contributed by atoms with Crippen molar-refractivity contribution in [2.75, 3.05) is 13.1 Å². The molecule has 0 spiro atoms. The second-order valence-corrected chi connectivity index (χ2v) is 5.27. The second kappa shape index (κ2) is 6.12. The molecule has 1 aromatic heterocycles. The maximum atomic E-state index is 11.3. The van der Waals surface area contributed by atoms with E-state index in [9.17, 15) is 4.79 Å². The largest absolute Gasteiger partial charge is 0.355 e. The molecule has 17 heavy (non-hydrogen) atoms. The van der Waals surface area contributed by atoms with Crippen LogP contribution < -0.4 is 10.6 Å². The maximum absolute atomic E-state index is 11.3. The van der Waals surface area contributed by atoms with E-state index >= 15 is 0 Å². The Hall–Kier alpha value is -0.940. The molecular weight excluding hydrogens is 234 g/mol. The summed E-state index contributed by atoms with van der Waals surface area (Å²) in [5, 5.41) is 9.49. The van der Waals surface area contributed by atoms with Crippen LogP contribution in [0, 0.1) is 5.92 Å². The molecule has 2 N–H and O–H groups in total. The molecule has 0 saturated heterocycles. The Morgan fingerprint density at radius 3 is 3.00 bits per heavy atom. The molecule has 94 valence electrons. The van der Waals surface area contributed by atoms with Gasteiger partial charge in [0, 0.05) is 30.9 Å². The quantitative estimate of drug-likeness (QED) is 0.721. The molecular formula is C12H19N3OS. The molecule has 1 aliphatic rings. The third-order valence-electron chi connectivity index (χ3n) is 2.76. The summed E-state index contributed by atoms with van der Waals surface area (Å²) in [5.74, 6) is 0.523. The first-order valence-electron chi connectivity index (χ1n) is 6.21. The summed E-state index contributed by atoms with van der Waals surface area (Å²) in [4.78, 5) is 15.8.